The highest BCUT2D eigenvalue weighted by atomic mass is 16.3. The van der Waals surface area contributed by atoms with Gasteiger partial charge < -0.3 is 14.2 Å². The number of piperidine rings is 1. The summed E-state index contributed by atoms with van der Waals surface area (Å²) in [4.78, 5) is 0. The van der Waals surface area contributed by atoms with Gasteiger partial charge in [0.25, 0.3) is 0 Å². The zero-order chi connectivity index (χ0) is 14.6. The largest absolute Gasteiger partial charge is 0.461 e. The van der Waals surface area contributed by atoms with Crippen molar-refractivity contribution in [2.75, 3.05) is 6.54 Å². The fourth-order valence-electron chi connectivity index (χ4n) is 3.67. The van der Waals surface area contributed by atoms with Crippen LogP contribution in [0.4, 0.5) is 0 Å². The van der Waals surface area contributed by atoms with Crippen molar-refractivity contribution in [2.45, 2.75) is 46.1 Å². The molecule has 0 spiro atoms. The molecule has 3 heterocycles. The Morgan fingerprint density at radius 2 is 1.67 bits per heavy atom. The molecule has 1 unspecified atom stereocenters. The van der Waals surface area contributed by atoms with Crippen LogP contribution in [-0.4, -0.2) is 6.54 Å². The Kier molecular flexibility index (Phi) is 2.86. The molecule has 0 bridgehead atoms. The summed E-state index contributed by atoms with van der Waals surface area (Å²) in [6.45, 7) is 7.24. The van der Waals surface area contributed by atoms with E-state index in [9.17, 15) is 0 Å². The van der Waals surface area contributed by atoms with E-state index in [1.807, 2.05) is 13.8 Å². The lowest BCUT2D eigenvalue weighted by atomic mass is 9.92. The number of fused-ring (bicyclic) bond motifs is 2. The molecule has 1 fully saturated rings. The SMILES string of the molecule is Cc1cc2c(C3CCCCN3)c3oc(C)cc3c(C)c2o1. The summed E-state index contributed by atoms with van der Waals surface area (Å²) in [5, 5.41) is 6.06. The topological polar surface area (TPSA) is 38.3 Å². The van der Waals surface area contributed by atoms with Crippen molar-refractivity contribution < 1.29 is 8.83 Å². The monoisotopic (exact) mass is 283 g/mol. The molecule has 3 nitrogen and oxygen atoms in total. The normalized spacial score (nSPS) is 19.7. The van der Waals surface area contributed by atoms with E-state index < -0.39 is 0 Å². The quantitative estimate of drug-likeness (QED) is 0.689. The molecule has 21 heavy (non-hydrogen) atoms. The number of hydrogen-bond donors (Lipinski definition) is 1. The lowest BCUT2D eigenvalue weighted by Gasteiger charge is -2.24. The zero-order valence-electron chi connectivity index (χ0n) is 12.9. The van der Waals surface area contributed by atoms with Crippen molar-refractivity contribution in [3.63, 3.8) is 0 Å². The summed E-state index contributed by atoms with van der Waals surface area (Å²) in [6.07, 6.45) is 3.69. The first kappa shape index (κ1) is 13.0. The van der Waals surface area contributed by atoms with E-state index in [2.05, 4.69) is 24.4 Å². The first-order valence-corrected chi connectivity index (χ1v) is 7.81. The molecule has 1 saturated heterocycles. The minimum Gasteiger partial charge on any atom is -0.461 e. The standard InChI is InChI=1S/C18H21NO2/c1-10-8-13-12(3)17-14(9-11(2)20-17)16(18(13)21-10)15-6-4-5-7-19-15/h8-9,15,19H,4-7H2,1-3H3. The van der Waals surface area contributed by atoms with Crippen LogP contribution in [0.15, 0.2) is 21.0 Å². The number of benzene rings is 1. The molecular weight excluding hydrogens is 262 g/mol. The number of rotatable bonds is 1. The van der Waals surface area contributed by atoms with Gasteiger partial charge in [0.1, 0.15) is 22.7 Å². The lowest BCUT2D eigenvalue weighted by molar-refractivity contribution is 0.412. The maximum Gasteiger partial charge on any atom is 0.140 e. The third kappa shape index (κ3) is 1.91. The third-order valence-electron chi connectivity index (χ3n) is 4.65. The van der Waals surface area contributed by atoms with Gasteiger partial charge in [-0.2, -0.15) is 0 Å². The highest BCUT2D eigenvalue weighted by Gasteiger charge is 2.25. The van der Waals surface area contributed by atoms with Crippen molar-refractivity contribution in [2.24, 2.45) is 0 Å². The fourth-order valence-corrected chi connectivity index (χ4v) is 3.67. The van der Waals surface area contributed by atoms with Gasteiger partial charge in [-0.25, -0.2) is 0 Å². The Balaban J connectivity index is 2.09. The van der Waals surface area contributed by atoms with Crippen LogP contribution in [0.25, 0.3) is 21.9 Å². The summed E-state index contributed by atoms with van der Waals surface area (Å²) in [5.74, 6) is 1.93. The molecule has 1 aliphatic heterocycles. The van der Waals surface area contributed by atoms with E-state index in [-0.39, 0.29) is 0 Å². The molecule has 1 atom stereocenters. The Hall–Kier alpha value is -1.74. The van der Waals surface area contributed by atoms with Crippen molar-refractivity contribution in [3.05, 3.63) is 34.8 Å². The number of furan rings is 2. The maximum atomic E-state index is 6.07. The van der Waals surface area contributed by atoms with Gasteiger partial charge in [-0.15, -0.1) is 0 Å². The number of nitrogens with one attached hydrogen (secondary N) is 1. The van der Waals surface area contributed by atoms with E-state index in [1.54, 1.807) is 0 Å². The Morgan fingerprint density at radius 1 is 0.952 bits per heavy atom. The molecule has 3 heteroatoms. The molecule has 1 aromatic carbocycles. The zero-order valence-corrected chi connectivity index (χ0v) is 12.9. The van der Waals surface area contributed by atoms with Crippen LogP contribution in [-0.2, 0) is 0 Å². The second-order valence-electron chi connectivity index (χ2n) is 6.24. The predicted octanol–water partition coefficient (Wildman–Crippen LogP) is 4.92. The first-order chi connectivity index (χ1) is 10.1. The van der Waals surface area contributed by atoms with Gasteiger partial charge in [0.2, 0.25) is 0 Å². The molecule has 1 N–H and O–H groups in total. The number of aryl methyl sites for hydroxylation is 3. The van der Waals surface area contributed by atoms with Gasteiger partial charge in [0.05, 0.1) is 0 Å². The highest BCUT2D eigenvalue weighted by molar-refractivity contribution is 6.02. The van der Waals surface area contributed by atoms with E-state index in [1.165, 1.54) is 34.7 Å². The van der Waals surface area contributed by atoms with Gasteiger partial charge in [-0.1, -0.05) is 6.42 Å². The molecule has 3 aromatic rings. The van der Waals surface area contributed by atoms with Crippen molar-refractivity contribution in [1.29, 1.82) is 0 Å². The summed E-state index contributed by atoms with van der Waals surface area (Å²) >= 11 is 0. The summed E-state index contributed by atoms with van der Waals surface area (Å²) in [5.41, 5.74) is 4.53. The molecule has 0 saturated carbocycles. The van der Waals surface area contributed by atoms with Crippen LogP contribution >= 0.6 is 0 Å². The van der Waals surface area contributed by atoms with E-state index in [0.717, 1.165) is 35.7 Å². The van der Waals surface area contributed by atoms with Crippen LogP contribution in [0.5, 0.6) is 0 Å². The van der Waals surface area contributed by atoms with Crippen LogP contribution in [0.1, 0.15) is 48.0 Å². The van der Waals surface area contributed by atoms with Crippen LogP contribution in [0.3, 0.4) is 0 Å². The van der Waals surface area contributed by atoms with Gasteiger partial charge >= 0.3 is 0 Å². The number of hydrogen-bond acceptors (Lipinski definition) is 3. The molecular formula is C18H21NO2. The average molecular weight is 283 g/mol. The molecule has 1 aliphatic rings. The lowest BCUT2D eigenvalue weighted by Crippen LogP contribution is -2.27. The summed E-state index contributed by atoms with van der Waals surface area (Å²) < 4.78 is 12.0. The first-order valence-electron chi connectivity index (χ1n) is 7.81. The molecule has 110 valence electrons. The van der Waals surface area contributed by atoms with Crippen LogP contribution in [0.2, 0.25) is 0 Å². The van der Waals surface area contributed by atoms with Crippen molar-refractivity contribution in [1.82, 2.24) is 5.32 Å². The molecule has 0 radical (unpaired) electrons. The van der Waals surface area contributed by atoms with E-state index >= 15 is 0 Å². The maximum absolute atomic E-state index is 6.07. The predicted molar refractivity (Wildman–Crippen MR) is 84.8 cm³/mol. The second kappa shape index (κ2) is 4.63. The molecule has 4 rings (SSSR count). The fraction of sp³-hybridized carbons (Fsp3) is 0.444. The average Bonchev–Trinajstić information content (AvgIpc) is 3.03. The van der Waals surface area contributed by atoms with E-state index in [4.69, 9.17) is 8.83 Å². The third-order valence-corrected chi connectivity index (χ3v) is 4.65. The van der Waals surface area contributed by atoms with Gasteiger partial charge in [-0.3, -0.25) is 0 Å². The summed E-state index contributed by atoms with van der Waals surface area (Å²) in [6, 6.07) is 4.66. The molecule has 0 amide bonds. The van der Waals surface area contributed by atoms with Gasteiger partial charge in [0, 0.05) is 27.9 Å². The van der Waals surface area contributed by atoms with Gasteiger partial charge in [0.15, 0.2) is 0 Å². The summed E-state index contributed by atoms with van der Waals surface area (Å²) in [7, 11) is 0. The van der Waals surface area contributed by atoms with E-state index in [0.29, 0.717) is 6.04 Å². The van der Waals surface area contributed by atoms with Gasteiger partial charge in [-0.05, 0) is 52.3 Å². The van der Waals surface area contributed by atoms with Crippen molar-refractivity contribution in [3.8, 4) is 0 Å². The van der Waals surface area contributed by atoms with Crippen molar-refractivity contribution >= 4 is 21.9 Å². The Labute approximate surface area is 124 Å². The Bertz CT molecular complexity index is 761. The minimum absolute atomic E-state index is 0.367. The second-order valence-corrected chi connectivity index (χ2v) is 6.24. The molecule has 2 aromatic heterocycles. The minimum atomic E-state index is 0.367. The Morgan fingerprint density at radius 3 is 2.38 bits per heavy atom. The highest BCUT2D eigenvalue weighted by Crippen LogP contribution is 2.40. The molecule has 0 aliphatic carbocycles. The van der Waals surface area contributed by atoms with Crippen LogP contribution < -0.4 is 5.32 Å². The smallest absolute Gasteiger partial charge is 0.140 e. The van der Waals surface area contributed by atoms with Crippen LogP contribution in [0, 0.1) is 20.8 Å².